The minimum Gasteiger partial charge on any atom is -0.305 e. The maximum absolute atomic E-state index is 12.7. The summed E-state index contributed by atoms with van der Waals surface area (Å²) in [6.45, 7) is 6.09. The first-order valence-electron chi connectivity index (χ1n) is 9.31. The van der Waals surface area contributed by atoms with Gasteiger partial charge in [0.2, 0.25) is 0 Å². The van der Waals surface area contributed by atoms with Crippen molar-refractivity contribution in [2.24, 2.45) is 0 Å². The molecule has 2 aromatic carbocycles. The SMILES string of the molecule is Cc1cc(C)c2nc(-n3ncc(C#N)c3NC(=O)c3ccc(Br)cc3)cc(C)c2c1. The first-order valence-corrected chi connectivity index (χ1v) is 10.1. The molecule has 7 heteroatoms. The molecule has 0 saturated heterocycles. The monoisotopic (exact) mass is 459 g/mol. The van der Waals surface area contributed by atoms with Crippen molar-refractivity contribution in [3.8, 4) is 11.9 Å². The Kier molecular flexibility index (Phi) is 5.10. The number of hydrogen-bond acceptors (Lipinski definition) is 4. The molecule has 0 fully saturated rings. The number of hydrogen-bond donors (Lipinski definition) is 1. The second-order valence-electron chi connectivity index (χ2n) is 7.17. The second kappa shape index (κ2) is 7.73. The Balaban J connectivity index is 1.81. The molecular formula is C23H18BrN5O. The molecule has 4 rings (SSSR count). The molecular weight excluding hydrogens is 442 g/mol. The average Bonchev–Trinajstić information content (AvgIpc) is 3.11. The van der Waals surface area contributed by atoms with Gasteiger partial charge in [0.15, 0.2) is 11.6 Å². The highest BCUT2D eigenvalue weighted by Gasteiger charge is 2.18. The summed E-state index contributed by atoms with van der Waals surface area (Å²) in [5.74, 6) is 0.506. The van der Waals surface area contributed by atoms with Crippen molar-refractivity contribution in [1.29, 1.82) is 5.26 Å². The third-order valence-corrected chi connectivity index (χ3v) is 5.42. The number of pyridine rings is 1. The van der Waals surface area contributed by atoms with Gasteiger partial charge in [-0.05, 0) is 68.3 Å². The highest BCUT2D eigenvalue weighted by Crippen LogP contribution is 2.26. The van der Waals surface area contributed by atoms with Gasteiger partial charge in [-0.1, -0.05) is 27.6 Å². The van der Waals surface area contributed by atoms with Crippen LogP contribution in [-0.2, 0) is 0 Å². The molecule has 0 atom stereocenters. The van der Waals surface area contributed by atoms with Crippen molar-refractivity contribution in [1.82, 2.24) is 14.8 Å². The zero-order chi connectivity index (χ0) is 21.4. The number of rotatable bonds is 3. The topological polar surface area (TPSA) is 83.6 Å². The number of nitrogens with zero attached hydrogens (tertiary/aromatic N) is 4. The predicted molar refractivity (Wildman–Crippen MR) is 120 cm³/mol. The van der Waals surface area contributed by atoms with Gasteiger partial charge in [-0.3, -0.25) is 4.79 Å². The number of amides is 1. The van der Waals surface area contributed by atoms with Crippen LogP contribution in [0.3, 0.4) is 0 Å². The van der Waals surface area contributed by atoms with E-state index in [9.17, 15) is 10.1 Å². The molecule has 1 amide bonds. The van der Waals surface area contributed by atoms with Crippen molar-refractivity contribution in [3.05, 3.63) is 81.0 Å². The molecule has 2 aromatic heterocycles. The lowest BCUT2D eigenvalue weighted by Crippen LogP contribution is -2.16. The minimum absolute atomic E-state index is 0.264. The van der Waals surface area contributed by atoms with Gasteiger partial charge in [0.1, 0.15) is 11.6 Å². The number of carbonyl (C=O) groups excluding carboxylic acids is 1. The summed E-state index contributed by atoms with van der Waals surface area (Å²) in [7, 11) is 0. The summed E-state index contributed by atoms with van der Waals surface area (Å²) >= 11 is 3.36. The van der Waals surface area contributed by atoms with Gasteiger partial charge in [0, 0.05) is 15.4 Å². The molecule has 30 heavy (non-hydrogen) atoms. The lowest BCUT2D eigenvalue weighted by molar-refractivity contribution is 0.102. The zero-order valence-corrected chi connectivity index (χ0v) is 18.3. The summed E-state index contributed by atoms with van der Waals surface area (Å²) in [4.78, 5) is 17.5. The van der Waals surface area contributed by atoms with E-state index < -0.39 is 0 Å². The third kappa shape index (κ3) is 3.58. The fourth-order valence-electron chi connectivity index (χ4n) is 3.44. The Hall–Kier alpha value is -3.50. The standard InChI is InChI=1S/C23H18BrN5O/c1-13-8-15(3)21-19(9-13)14(2)10-20(27-21)29-22(17(11-25)12-26-29)28-23(30)16-4-6-18(24)7-5-16/h4-10,12H,1-3H3,(H,28,30). The highest BCUT2D eigenvalue weighted by molar-refractivity contribution is 9.10. The Bertz CT molecular complexity index is 1330. The summed E-state index contributed by atoms with van der Waals surface area (Å²) in [6, 6.07) is 15.2. The van der Waals surface area contributed by atoms with E-state index in [2.05, 4.69) is 51.5 Å². The molecule has 0 radical (unpaired) electrons. The first-order chi connectivity index (χ1) is 14.4. The minimum atomic E-state index is -0.329. The lowest BCUT2D eigenvalue weighted by atomic mass is 10.0. The molecule has 0 aliphatic rings. The number of benzene rings is 2. The second-order valence-corrected chi connectivity index (χ2v) is 8.08. The van der Waals surface area contributed by atoms with Gasteiger partial charge in [0.25, 0.3) is 5.91 Å². The maximum Gasteiger partial charge on any atom is 0.256 e. The first kappa shape index (κ1) is 19.8. The smallest absolute Gasteiger partial charge is 0.256 e. The Morgan fingerprint density at radius 3 is 2.53 bits per heavy atom. The predicted octanol–water partition coefficient (Wildman–Crippen LogP) is 5.23. The van der Waals surface area contributed by atoms with E-state index in [1.165, 1.54) is 16.4 Å². The van der Waals surface area contributed by atoms with Gasteiger partial charge >= 0.3 is 0 Å². The van der Waals surface area contributed by atoms with Crippen LogP contribution in [0.2, 0.25) is 0 Å². The summed E-state index contributed by atoms with van der Waals surface area (Å²) in [5, 5.41) is 17.7. The summed E-state index contributed by atoms with van der Waals surface area (Å²) in [6.07, 6.45) is 1.43. The quantitative estimate of drug-likeness (QED) is 0.454. The van der Waals surface area contributed by atoms with Crippen molar-refractivity contribution >= 4 is 38.6 Å². The Morgan fingerprint density at radius 1 is 1.10 bits per heavy atom. The van der Waals surface area contributed by atoms with Crippen LogP contribution >= 0.6 is 15.9 Å². The van der Waals surface area contributed by atoms with Crippen molar-refractivity contribution in [2.45, 2.75) is 20.8 Å². The molecule has 1 N–H and O–H groups in total. The molecule has 0 unspecified atom stereocenters. The Morgan fingerprint density at radius 2 is 1.83 bits per heavy atom. The molecule has 148 valence electrons. The largest absolute Gasteiger partial charge is 0.305 e. The highest BCUT2D eigenvalue weighted by atomic mass is 79.9. The van der Waals surface area contributed by atoms with E-state index in [4.69, 9.17) is 4.98 Å². The van der Waals surface area contributed by atoms with Crippen molar-refractivity contribution < 1.29 is 4.79 Å². The van der Waals surface area contributed by atoms with Crippen LogP contribution < -0.4 is 5.32 Å². The fraction of sp³-hybridized carbons (Fsp3) is 0.130. The number of halogens is 1. The van der Waals surface area contributed by atoms with E-state index in [1.807, 2.05) is 19.9 Å². The number of fused-ring (bicyclic) bond motifs is 1. The van der Waals surface area contributed by atoms with Gasteiger partial charge < -0.3 is 5.32 Å². The molecule has 2 heterocycles. The number of aromatic nitrogens is 3. The van der Waals surface area contributed by atoms with E-state index in [1.54, 1.807) is 24.3 Å². The normalized spacial score (nSPS) is 10.8. The molecule has 4 aromatic rings. The maximum atomic E-state index is 12.7. The van der Waals surface area contributed by atoms with Gasteiger partial charge in [-0.2, -0.15) is 15.0 Å². The molecule has 6 nitrogen and oxygen atoms in total. The molecule has 0 aliphatic carbocycles. The number of carbonyl (C=O) groups is 1. The number of aryl methyl sites for hydroxylation is 3. The molecule has 0 saturated carbocycles. The number of nitrogens with one attached hydrogen (secondary N) is 1. The van der Waals surface area contributed by atoms with Crippen LogP contribution in [-0.4, -0.2) is 20.7 Å². The molecule has 0 aliphatic heterocycles. The van der Waals surface area contributed by atoms with E-state index in [0.29, 0.717) is 17.2 Å². The van der Waals surface area contributed by atoms with Crippen LogP contribution in [0.5, 0.6) is 0 Å². The van der Waals surface area contributed by atoms with Crippen LogP contribution in [0.1, 0.15) is 32.6 Å². The number of anilines is 1. The van der Waals surface area contributed by atoms with Gasteiger partial charge in [0.05, 0.1) is 11.7 Å². The number of nitriles is 1. The third-order valence-electron chi connectivity index (χ3n) is 4.89. The van der Waals surface area contributed by atoms with Crippen LogP contribution in [0.25, 0.3) is 16.7 Å². The Labute approximate surface area is 182 Å². The average molecular weight is 460 g/mol. The van der Waals surface area contributed by atoms with Gasteiger partial charge in [-0.15, -0.1) is 0 Å². The zero-order valence-electron chi connectivity index (χ0n) is 16.7. The molecule has 0 bridgehead atoms. The fourth-order valence-corrected chi connectivity index (χ4v) is 3.71. The molecule has 0 spiro atoms. The van der Waals surface area contributed by atoms with Gasteiger partial charge in [-0.25, -0.2) is 4.98 Å². The van der Waals surface area contributed by atoms with E-state index in [-0.39, 0.29) is 11.5 Å². The van der Waals surface area contributed by atoms with Crippen LogP contribution in [0, 0.1) is 32.1 Å². The van der Waals surface area contributed by atoms with E-state index >= 15 is 0 Å². The summed E-state index contributed by atoms with van der Waals surface area (Å²) < 4.78 is 2.38. The van der Waals surface area contributed by atoms with Crippen LogP contribution in [0.4, 0.5) is 5.82 Å². The summed E-state index contributed by atoms with van der Waals surface area (Å²) in [5.41, 5.74) is 4.88. The van der Waals surface area contributed by atoms with Crippen molar-refractivity contribution in [3.63, 3.8) is 0 Å². The van der Waals surface area contributed by atoms with E-state index in [0.717, 1.165) is 26.5 Å². The lowest BCUT2D eigenvalue weighted by Gasteiger charge is -2.13. The van der Waals surface area contributed by atoms with Crippen LogP contribution in [0.15, 0.2) is 53.1 Å². The van der Waals surface area contributed by atoms with Crippen molar-refractivity contribution in [2.75, 3.05) is 5.32 Å².